The van der Waals surface area contributed by atoms with Gasteiger partial charge in [0.15, 0.2) is 0 Å². The smallest absolute Gasteiger partial charge is 0.0900 e. The van der Waals surface area contributed by atoms with Gasteiger partial charge >= 0.3 is 0 Å². The first-order valence-corrected chi connectivity index (χ1v) is 5.05. The third kappa shape index (κ3) is 1.36. The number of fused-ring (bicyclic) bond motifs is 1. The number of hydrogen-bond acceptors (Lipinski definition) is 1. The Hall–Kier alpha value is -0.530. The lowest BCUT2D eigenvalue weighted by Gasteiger charge is -2.21. The Morgan fingerprint density at radius 2 is 2.31 bits per heavy atom. The molecule has 0 heterocycles. The van der Waals surface area contributed by atoms with Gasteiger partial charge in [-0.05, 0) is 42.5 Å². The molecule has 0 radical (unpaired) electrons. The molecule has 70 valence electrons. The third-order valence-corrected chi connectivity index (χ3v) is 3.20. The summed E-state index contributed by atoms with van der Waals surface area (Å²) in [6.07, 6.45) is 2.57. The van der Waals surface area contributed by atoms with Gasteiger partial charge in [0.05, 0.1) is 5.60 Å². The molecule has 0 bridgehead atoms. The van der Waals surface area contributed by atoms with E-state index in [1.807, 2.05) is 25.1 Å². The summed E-state index contributed by atoms with van der Waals surface area (Å²) in [5.41, 5.74) is 1.65. The minimum atomic E-state index is -0.625. The van der Waals surface area contributed by atoms with Crippen molar-refractivity contribution in [2.45, 2.75) is 31.8 Å². The van der Waals surface area contributed by atoms with E-state index in [0.717, 1.165) is 24.8 Å². The highest BCUT2D eigenvalue weighted by molar-refractivity contribution is 6.30. The molecule has 13 heavy (non-hydrogen) atoms. The molecule has 1 nitrogen and oxygen atoms in total. The zero-order valence-corrected chi connectivity index (χ0v) is 8.43. The summed E-state index contributed by atoms with van der Waals surface area (Å²) in [7, 11) is 0. The molecule has 0 unspecified atom stereocenters. The fourth-order valence-electron chi connectivity index (χ4n) is 2.04. The van der Waals surface area contributed by atoms with Crippen molar-refractivity contribution in [2.75, 3.05) is 0 Å². The van der Waals surface area contributed by atoms with E-state index >= 15 is 0 Å². The Labute approximate surface area is 83.3 Å². The maximum Gasteiger partial charge on any atom is 0.0900 e. The van der Waals surface area contributed by atoms with Crippen molar-refractivity contribution in [3.63, 3.8) is 0 Å². The minimum absolute atomic E-state index is 0.625. The molecular formula is C11H13ClO. The van der Waals surface area contributed by atoms with Crippen molar-refractivity contribution < 1.29 is 5.11 Å². The predicted molar refractivity (Wildman–Crippen MR) is 54.0 cm³/mol. The lowest BCUT2D eigenvalue weighted by atomic mass is 9.93. The van der Waals surface area contributed by atoms with Crippen LogP contribution in [-0.4, -0.2) is 5.11 Å². The number of hydrogen-bond donors (Lipinski definition) is 1. The Kier molecular flexibility index (Phi) is 2.09. The SMILES string of the molecule is CC[C@]1(O)CCc2ccc(Cl)cc21. The summed E-state index contributed by atoms with van der Waals surface area (Å²) in [5.74, 6) is 0. The van der Waals surface area contributed by atoms with Gasteiger partial charge in [-0.3, -0.25) is 0 Å². The van der Waals surface area contributed by atoms with Gasteiger partial charge in [-0.25, -0.2) is 0 Å². The van der Waals surface area contributed by atoms with Gasteiger partial charge in [0.25, 0.3) is 0 Å². The van der Waals surface area contributed by atoms with Crippen LogP contribution in [0.3, 0.4) is 0 Å². The molecule has 0 saturated carbocycles. The first-order chi connectivity index (χ1) is 6.15. The van der Waals surface area contributed by atoms with Gasteiger partial charge in [0.2, 0.25) is 0 Å². The standard InChI is InChI=1S/C11H13ClO/c1-2-11(13)6-5-8-3-4-9(12)7-10(8)11/h3-4,7,13H,2,5-6H2,1H3/t11-/m0/s1. The van der Waals surface area contributed by atoms with Gasteiger partial charge in [0, 0.05) is 5.02 Å². The van der Waals surface area contributed by atoms with Gasteiger partial charge < -0.3 is 5.11 Å². The van der Waals surface area contributed by atoms with Crippen LogP contribution in [0.25, 0.3) is 0 Å². The van der Waals surface area contributed by atoms with Crippen LogP contribution in [-0.2, 0) is 12.0 Å². The molecule has 0 spiro atoms. The van der Waals surface area contributed by atoms with E-state index in [4.69, 9.17) is 11.6 Å². The van der Waals surface area contributed by atoms with Gasteiger partial charge in [-0.1, -0.05) is 24.6 Å². The van der Waals surface area contributed by atoms with Crippen LogP contribution in [0.4, 0.5) is 0 Å². The van der Waals surface area contributed by atoms with Crippen molar-refractivity contribution in [2.24, 2.45) is 0 Å². The summed E-state index contributed by atoms with van der Waals surface area (Å²) in [6.45, 7) is 2.01. The van der Waals surface area contributed by atoms with E-state index in [1.165, 1.54) is 5.56 Å². The molecule has 1 aliphatic rings. The molecule has 0 saturated heterocycles. The topological polar surface area (TPSA) is 20.2 Å². The molecule has 0 fully saturated rings. The summed E-state index contributed by atoms with van der Waals surface area (Å²) < 4.78 is 0. The maximum absolute atomic E-state index is 10.2. The Balaban J connectivity index is 2.52. The van der Waals surface area contributed by atoms with Gasteiger partial charge in [0.1, 0.15) is 0 Å². The minimum Gasteiger partial charge on any atom is -0.385 e. The number of rotatable bonds is 1. The molecular weight excluding hydrogens is 184 g/mol. The van der Waals surface area contributed by atoms with Crippen LogP contribution in [0, 0.1) is 0 Å². The Morgan fingerprint density at radius 1 is 1.54 bits per heavy atom. The lowest BCUT2D eigenvalue weighted by molar-refractivity contribution is 0.0346. The highest BCUT2D eigenvalue weighted by atomic mass is 35.5. The van der Waals surface area contributed by atoms with Gasteiger partial charge in [-0.2, -0.15) is 0 Å². The van der Waals surface area contributed by atoms with Crippen molar-refractivity contribution >= 4 is 11.6 Å². The highest BCUT2D eigenvalue weighted by Crippen LogP contribution is 2.40. The molecule has 0 amide bonds. The maximum atomic E-state index is 10.2. The highest BCUT2D eigenvalue weighted by Gasteiger charge is 2.34. The zero-order chi connectivity index (χ0) is 9.47. The van der Waals surface area contributed by atoms with Crippen molar-refractivity contribution in [3.05, 3.63) is 34.3 Å². The number of aryl methyl sites for hydroxylation is 1. The Morgan fingerprint density at radius 3 is 3.00 bits per heavy atom. The van der Waals surface area contributed by atoms with Crippen LogP contribution in [0.2, 0.25) is 5.02 Å². The van der Waals surface area contributed by atoms with E-state index in [1.54, 1.807) is 0 Å². The summed E-state index contributed by atoms with van der Waals surface area (Å²) >= 11 is 5.90. The fourth-order valence-corrected chi connectivity index (χ4v) is 2.22. The monoisotopic (exact) mass is 196 g/mol. The molecule has 1 aromatic carbocycles. The first-order valence-electron chi connectivity index (χ1n) is 4.67. The zero-order valence-electron chi connectivity index (χ0n) is 7.68. The molecule has 2 rings (SSSR count). The largest absolute Gasteiger partial charge is 0.385 e. The molecule has 1 atom stereocenters. The first kappa shape index (κ1) is 9.04. The van der Waals surface area contributed by atoms with Crippen LogP contribution >= 0.6 is 11.6 Å². The number of benzene rings is 1. The van der Waals surface area contributed by atoms with Crippen LogP contribution < -0.4 is 0 Å². The van der Waals surface area contributed by atoms with Crippen LogP contribution in [0.5, 0.6) is 0 Å². The molecule has 0 aliphatic heterocycles. The van der Waals surface area contributed by atoms with Crippen molar-refractivity contribution in [1.82, 2.24) is 0 Å². The van der Waals surface area contributed by atoms with E-state index in [9.17, 15) is 5.11 Å². The summed E-state index contributed by atoms with van der Waals surface area (Å²) in [5, 5.41) is 10.9. The number of halogens is 1. The average Bonchev–Trinajstić information content (AvgIpc) is 2.45. The molecule has 1 aliphatic carbocycles. The van der Waals surface area contributed by atoms with E-state index in [-0.39, 0.29) is 0 Å². The Bertz CT molecular complexity index is 335. The second kappa shape index (κ2) is 3.00. The van der Waals surface area contributed by atoms with Crippen molar-refractivity contribution in [3.8, 4) is 0 Å². The normalized spacial score (nSPS) is 26.1. The van der Waals surface area contributed by atoms with E-state index in [0.29, 0.717) is 5.02 Å². The van der Waals surface area contributed by atoms with Crippen LogP contribution in [0.1, 0.15) is 30.9 Å². The molecule has 1 N–H and O–H groups in total. The average molecular weight is 197 g/mol. The third-order valence-electron chi connectivity index (χ3n) is 2.97. The summed E-state index contributed by atoms with van der Waals surface area (Å²) in [6, 6.07) is 5.81. The fraction of sp³-hybridized carbons (Fsp3) is 0.455. The quantitative estimate of drug-likeness (QED) is 0.733. The van der Waals surface area contributed by atoms with Gasteiger partial charge in [-0.15, -0.1) is 0 Å². The number of aliphatic hydroxyl groups is 1. The molecule has 2 heteroatoms. The van der Waals surface area contributed by atoms with Crippen molar-refractivity contribution in [1.29, 1.82) is 0 Å². The molecule has 1 aromatic rings. The van der Waals surface area contributed by atoms with E-state index < -0.39 is 5.60 Å². The van der Waals surface area contributed by atoms with Crippen LogP contribution in [0.15, 0.2) is 18.2 Å². The second-order valence-electron chi connectivity index (χ2n) is 3.69. The second-order valence-corrected chi connectivity index (χ2v) is 4.12. The predicted octanol–water partition coefficient (Wildman–Crippen LogP) is 2.88. The summed E-state index contributed by atoms with van der Waals surface area (Å²) in [4.78, 5) is 0. The lowest BCUT2D eigenvalue weighted by Crippen LogP contribution is -2.20. The molecule has 0 aromatic heterocycles. The van der Waals surface area contributed by atoms with E-state index in [2.05, 4.69) is 0 Å².